The molecule has 5 nitrogen and oxygen atoms in total. The zero-order chi connectivity index (χ0) is 16.7. The number of benzene rings is 2. The van der Waals surface area contributed by atoms with Gasteiger partial charge in [-0.15, -0.1) is 0 Å². The van der Waals surface area contributed by atoms with E-state index in [1.807, 2.05) is 25.1 Å². The van der Waals surface area contributed by atoms with Crippen molar-refractivity contribution in [2.75, 3.05) is 11.9 Å². The summed E-state index contributed by atoms with van der Waals surface area (Å²) < 4.78 is 24.4. The van der Waals surface area contributed by atoms with Crippen LogP contribution in [-0.4, -0.2) is 18.6 Å². The summed E-state index contributed by atoms with van der Waals surface area (Å²) in [5.41, 5.74) is 2.66. The fourth-order valence-electron chi connectivity index (χ4n) is 3.13. The van der Waals surface area contributed by atoms with Crippen LogP contribution in [0.1, 0.15) is 24.1 Å². The van der Waals surface area contributed by atoms with Gasteiger partial charge in [-0.3, -0.25) is 4.79 Å². The molecule has 0 unspecified atom stereocenters. The summed E-state index contributed by atoms with van der Waals surface area (Å²) in [7, 11) is 0. The van der Waals surface area contributed by atoms with Crippen LogP contribution in [0.5, 0.6) is 11.5 Å². The number of hydrogen-bond donors (Lipinski definition) is 2. The average Bonchev–Trinajstić information content (AvgIpc) is 2.86. The minimum Gasteiger partial charge on any atom is -0.488 e. The Hall–Kier alpha value is -2.60. The SMILES string of the molecule is C[C@H]1Oc2cc(F)ccc2[C@H]1NCc1ccc2c(c1)NC(=O)CO2. The Bertz CT molecular complexity index is 809. The van der Waals surface area contributed by atoms with E-state index in [4.69, 9.17) is 9.47 Å². The predicted molar refractivity (Wildman–Crippen MR) is 86.6 cm³/mol. The maximum absolute atomic E-state index is 13.3. The number of halogens is 1. The third-order valence-corrected chi connectivity index (χ3v) is 4.30. The molecular weight excluding hydrogens is 311 g/mol. The van der Waals surface area contributed by atoms with E-state index >= 15 is 0 Å². The Morgan fingerprint density at radius 3 is 3.00 bits per heavy atom. The van der Waals surface area contributed by atoms with Crippen LogP contribution in [0.15, 0.2) is 36.4 Å². The first kappa shape index (κ1) is 15.0. The van der Waals surface area contributed by atoms with Gasteiger partial charge in [0.25, 0.3) is 5.91 Å². The molecule has 0 fully saturated rings. The molecule has 2 aliphatic heterocycles. The number of rotatable bonds is 3. The monoisotopic (exact) mass is 328 g/mol. The number of hydrogen-bond acceptors (Lipinski definition) is 4. The van der Waals surface area contributed by atoms with Crippen molar-refractivity contribution in [3.8, 4) is 11.5 Å². The molecule has 0 radical (unpaired) electrons. The second-order valence-electron chi connectivity index (χ2n) is 6.03. The molecule has 4 rings (SSSR count). The Labute approximate surface area is 138 Å². The van der Waals surface area contributed by atoms with Crippen LogP contribution in [0.4, 0.5) is 10.1 Å². The summed E-state index contributed by atoms with van der Waals surface area (Å²) in [5, 5.41) is 6.24. The molecule has 6 heteroatoms. The molecule has 2 aromatic rings. The summed E-state index contributed by atoms with van der Waals surface area (Å²) >= 11 is 0. The zero-order valence-corrected chi connectivity index (χ0v) is 13.1. The van der Waals surface area contributed by atoms with Gasteiger partial charge in [0.05, 0.1) is 11.7 Å². The molecule has 124 valence electrons. The molecule has 2 heterocycles. The minimum absolute atomic E-state index is 0.0116. The van der Waals surface area contributed by atoms with Crippen LogP contribution in [0.3, 0.4) is 0 Å². The number of carbonyl (C=O) groups is 1. The highest BCUT2D eigenvalue weighted by molar-refractivity contribution is 5.95. The first-order valence-corrected chi connectivity index (χ1v) is 7.85. The molecule has 0 aromatic heterocycles. The standard InChI is InChI=1S/C18H17FN2O3/c1-10-18(13-4-3-12(19)7-16(13)24-10)20-8-11-2-5-15-14(6-11)21-17(22)9-23-15/h2-7,10,18,20H,8-9H2,1H3,(H,21,22)/t10-,18+/m1/s1. The molecule has 2 aliphatic rings. The smallest absolute Gasteiger partial charge is 0.262 e. The zero-order valence-electron chi connectivity index (χ0n) is 13.1. The third-order valence-electron chi connectivity index (χ3n) is 4.30. The lowest BCUT2D eigenvalue weighted by atomic mass is 10.0. The summed E-state index contributed by atoms with van der Waals surface area (Å²) in [6.45, 7) is 2.60. The Kier molecular flexibility index (Phi) is 3.61. The summed E-state index contributed by atoms with van der Waals surface area (Å²) in [5.74, 6) is 0.816. The fourth-order valence-corrected chi connectivity index (χ4v) is 3.13. The van der Waals surface area contributed by atoms with Gasteiger partial charge in [-0.05, 0) is 30.7 Å². The van der Waals surface area contributed by atoms with Gasteiger partial charge in [0.15, 0.2) is 6.61 Å². The number of carbonyl (C=O) groups excluding carboxylic acids is 1. The molecule has 0 aliphatic carbocycles. The number of amides is 1. The van der Waals surface area contributed by atoms with Crippen LogP contribution in [0, 0.1) is 5.82 Å². The normalized spacial score (nSPS) is 21.3. The number of ether oxygens (including phenoxy) is 2. The third kappa shape index (κ3) is 2.69. The number of fused-ring (bicyclic) bond motifs is 2. The molecule has 0 saturated heterocycles. The van der Waals surface area contributed by atoms with Crippen molar-refractivity contribution in [3.05, 3.63) is 53.3 Å². The molecule has 2 atom stereocenters. The molecule has 2 aromatic carbocycles. The lowest BCUT2D eigenvalue weighted by molar-refractivity contribution is -0.118. The summed E-state index contributed by atoms with van der Waals surface area (Å²) in [6.07, 6.45) is -0.0811. The Morgan fingerprint density at radius 1 is 1.25 bits per heavy atom. The van der Waals surface area contributed by atoms with Gasteiger partial charge in [-0.25, -0.2) is 4.39 Å². The van der Waals surface area contributed by atoms with E-state index in [2.05, 4.69) is 10.6 Å². The second-order valence-corrected chi connectivity index (χ2v) is 6.03. The van der Waals surface area contributed by atoms with Crippen molar-refractivity contribution >= 4 is 11.6 Å². The maximum Gasteiger partial charge on any atom is 0.262 e. The second kappa shape index (κ2) is 5.79. The van der Waals surface area contributed by atoms with Gasteiger partial charge in [-0.2, -0.15) is 0 Å². The molecule has 0 saturated carbocycles. The van der Waals surface area contributed by atoms with Gasteiger partial charge in [0.1, 0.15) is 23.4 Å². The highest BCUT2D eigenvalue weighted by atomic mass is 19.1. The van der Waals surface area contributed by atoms with Gasteiger partial charge in [-0.1, -0.05) is 12.1 Å². The van der Waals surface area contributed by atoms with Gasteiger partial charge in [0.2, 0.25) is 0 Å². The Morgan fingerprint density at radius 2 is 2.12 bits per heavy atom. The molecule has 1 amide bonds. The van der Waals surface area contributed by atoms with Gasteiger partial charge >= 0.3 is 0 Å². The Balaban J connectivity index is 1.50. The van der Waals surface area contributed by atoms with Crippen molar-refractivity contribution in [2.24, 2.45) is 0 Å². The van der Waals surface area contributed by atoms with E-state index < -0.39 is 0 Å². The van der Waals surface area contributed by atoms with Crippen LogP contribution in [0.25, 0.3) is 0 Å². The quantitative estimate of drug-likeness (QED) is 0.910. The topological polar surface area (TPSA) is 59.6 Å². The lowest BCUT2D eigenvalue weighted by Crippen LogP contribution is -2.29. The predicted octanol–water partition coefficient (Wildman–Crippen LogP) is 2.77. The van der Waals surface area contributed by atoms with Crippen LogP contribution < -0.4 is 20.1 Å². The lowest BCUT2D eigenvalue weighted by Gasteiger charge is -2.20. The number of anilines is 1. The number of nitrogens with one attached hydrogen (secondary N) is 2. The largest absolute Gasteiger partial charge is 0.488 e. The van der Waals surface area contributed by atoms with Crippen LogP contribution >= 0.6 is 0 Å². The minimum atomic E-state index is -0.299. The van der Waals surface area contributed by atoms with Crippen LogP contribution in [-0.2, 0) is 11.3 Å². The highest BCUT2D eigenvalue weighted by Gasteiger charge is 2.31. The van der Waals surface area contributed by atoms with Gasteiger partial charge < -0.3 is 20.1 Å². The van der Waals surface area contributed by atoms with E-state index in [0.717, 1.165) is 11.1 Å². The van der Waals surface area contributed by atoms with Crippen molar-refractivity contribution in [2.45, 2.75) is 25.6 Å². The van der Waals surface area contributed by atoms with E-state index in [-0.39, 0.29) is 30.5 Å². The fraction of sp³-hybridized carbons (Fsp3) is 0.278. The summed E-state index contributed by atoms with van der Waals surface area (Å²) in [4.78, 5) is 11.4. The van der Waals surface area contributed by atoms with E-state index in [9.17, 15) is 9.18 Å². The molecule has 0 bridgehead atoms. The molecular formula is C18H17FN2O3. The van der Waals surface area contributed by atoms with Gasteiger partial charge in [0, 0.05) is 18.2 Å². The first-order chi connectivity index (χ1) is 11.6. The molecule has 24 heavy (non-hydrogen) atoms. The van der Waals surface area contributed by atoms with Crippen molar-refractivity contribution in [3.63, 3.8) is 0 Å². The average molecular weight is 328 g/mol. The molecule has 2 N–H and O–H groups in total. The van der Waals surface area contributed by atoms with E-state index in [1.54, 1.807) is 6.07 Å². The van der Waals surface area contributed by atoms with E-state index in [1.165, 1.54) is 12.1 Å². The van der Waals surface area contributed by atoms with Crippen molar-refractivity contribution < 1.29 is 18.7 Å². The summed E-state index contributed by atoms with van der Waals surface area (Å²) in [6, 6.07) is 10.3. The van der Waals surface area contributed by atoms with E-state index in [0.29, 0.717) is 23.7 Å². The molecule has 0 spiro atoms. The highest BCUT2D eigenvalue weighted by Crippen LogP contribution is 2.37. The van der Waals surface area contributed by atoms with Crippen molar-refractivity contribution in [1.29, 1.82) is 0 Å². The van der Waals surface area contributed by atoms with Crippen molar-refractivity contribution in [1.82, 2.24) is 5.32 Å². The maximum atomic E-state index is 13.3. The van der Waals surface area contributed by atoms with Crippen LogP contribution in [0.2, 0.25) is 0 Å². The first-order valence-electron chi connectivity index (χ1n) is 7.85.